The van der Waals surface area contributed by atoms with E-state index in [1.54, 1.807) is 6.92 Å². The summed E-state index contributed by atoms with van der Waals surface area (Å²) in [6.45, 7) is 1.56. The summed E-state index contributed by atoms with van der Waals surface area (Å²) in [6, 6.07) is 1.24. The monoisotopic (exact) mass is 214 g/mol. The lowest BCUT2D eigenvalue weighted by Crippen LogP contribution is -2.13. The molecule has 6 heteroatoms. The summed E-state index contributed by atoms with van der Waals surface area (Å²) >= 11 is 0. The van der Waals surface area contributed by atoms with Gasteiger partial charge in [-0.15, -0.1) is 0 Å². The van der Waals surface area contributed by atoms with E-state index in [0.717, 1.165) is 6.26 Å². The van der Waals surface area contributed by atoms with Gasteiger partial charge in [0.05, 0.1) is 16.2 Å². The fraction of sp³-hybridized carbons (Fsp3) is 0.250. The number of aryl methyl sites for hydroxylation is 1. The molecule has 0 unspecified atom stereocenters. The summed E-state index contributed by atoms with van der Waals surface area (Å²) in [5.74, 6) is -0.692. The summed E-state index contributed by atoms with van der Waals surface area (Å²) in [7, 11) is -3.36. The minimum Gasteiger partial charge on any atom is -0.366 e. The minimum atomic E-state index is -3.36. The maximum atomic E-state index is 11.2. The molecule has 1 amide bonds. The molecule has 0 saturated carbocycles. The van der Waals surface area contributed by atoms with Crippen LogP contribution in [-0.2, 0) is 9.84 Å². The van der Waals surface area contributed by atoms with Crippen molar-refractivity contribution in [3.05, 3.63) is 23.5 Å². The van der Waals surface area contributed by atoms with Crippen LogP contribution in [0.5, 0.6) is 0 Å². The predicted octanol–water partition coefficient (Wildman–Crippen LogP) is -0.108. The van der Waals surface area contributed by atoms with Gasteiger partial charge in [0.15, 0.2) is 9.84 Å². The third kappa shape index (κ3) is 2.08. The number of amides is 1. The first-order valence-electron chi connectivity index (χ1n) is 3.79. The zero-order valence-electron chi connectivity index (χ0n) is 7.81. The largest absolute Gasteiger partial charge is 0.366 e. The fourth-order valence-electron chi connectivity index (χ4n) is 1.02. The molecule has 0 spiro atoms. The first-order valence-corrected chi connectivity index (χ1v) is 5.68. The number of pyridine rings is 1. The van der Waals surface area contributed by atoms with E-state index in [1.807, 2.05) is 0 Å². The quantitative estimate of drug-likeness (QED) is 0.743. The molecule has 0 aliphatic heterocycles. The smallest absolute Gasteiger partial charge is 0.250 e. The van der Waals surface area contributed by atoms with E-state index in [0.29, 0.717) is 5.69 Å². The maximum absolute atomic E-state index is 11.2. The minimum absolute atomic E-state index is 0.0359. The number of nitrogens with zero attached hydrogens (tertiary/aromatic N) is 1. The van der Waals surface area contributed by atoms with Crippen molar-refractivity contribution in [1.29, 1.82) is 0 Å². The molecule has 1 rings (SSSR count). The van der Waals surface area contributed by atoms with E-state index >= 15 is 0 Å². The van der Waals surface area contributed by atoms with Crippen LogP contribution < -0.4 is 5.73 Å². The average Bonchev–Trinajstić information content (AvgIpc) is 2.02. The van der Waals surface area contributed by atoms with Gasteiger partial charge in [0.1, 0.15) is 0 Å². The van der Waals surface area contributed by atoms with Crippen molar-refractivity contribution in [2.75, 3.05) is 6.26 Å². The van der Waals surface area contributed by atoms with E-state index in [-0.39, 0.29) is 10.5 Å². The number of carbonyl (C=O) groups excluding carboxylic acids is 1. The van der Waals surface area contributed by atoms with Gasteiger partial charge in [0.2, 0.25) is 5.91 Å². The highest BCUT2D eigenvalue weighted by atomic mass is 32.2. The Labute approximate surface area is 81.9 Å². The number of nitrogens with two attached hydrogens (primary N) is 1. The first-order chi connectivity index (χ1) is 6.32. The topological polar surface area (TPSA) is 90.1 Å². The Morgan fingerprint density at radius 1 is 1.50 bits per heavy atom. The SMILES string of the molecule is Cc1ncc(C(N)=O)cc1S(C)(=O)=O. The van der Waals surface area contributed by atoms with E-state index in [9.17, 15) is 13.2 Å². The Hall–Kier alpha value is -1.43. The molecular formula is C8H10N2O3S. The van der Waals surface area contributed by atoms with Crippen LogP contribution in [0.3, 0.4) is 0 Å². The highest BCUT2D eigenvalue weighted by Crippen LogP contribution is 2.13. The molecule has 0 bridgehead atoms. The van der Waals surface area contributed by atoms with Crippen molar-refractivity contribution in [2.45, 2.75) is 11.8 Å². The molecule has 5 nitrogen and oxygen atoms in total. The van der Waals surface area contributed by atoms with E-state index in [4.69, 9.17) is 5.73 Å². The molecule has 1 aromatic heterocycles. The predicted molar refractivity (Wildman–Crippen MR) is 50.6 cm³/mol. The van der Waals surface area contributed by atoms with Crippen LogP contribution in [0.15, 0.2) is 17.2 Å². The molecule has 76 valence electrons. The normalized spacial score (nSPS) is 11.3. The Balaban J connectivity index is 3.44. The van der Waals surface area contributed by atoms with Gasteiger partial charge in [-0.3, -0.25) is 9.78 Å². The van der Waals surface area contributed by atoms with Crippen molar-refractivity contribution < 1.29 is 13.2 Å². The summed E-state index contributed by atoms with van der Waals surface area (Å²) in [5, 5.41) is 0. The van der Waals surface area contributed by atoms with Crippen molar-refractivity contribution in [1.82, 2.24) is 4.98 Å². The van der Waals surface area contributed by atoms with E-state index in [1.165, 1.54) is 12.3 Å². The van der Waals surface area contributed by atoms with Crippen LogP contribution in [0.25, 0.3) is 0 Å². The molecule has 0 atom stereocenters. The van der Waals surface area contributed by atoms with Gasteiger partial charge in [-0.05, 0) is 13.0 Å². The van der Waals surface area contributed by atoms with Crippen LogP contribution >= 0.6 is 0 Å². The van der Waals surface area contributed by atoms with Gasteiger partial charge in [0.25, 0.3) is 0 Å². The van der Waals surface area contributed by atoms with Crippen LogP contribution in [0.2, 0.25) is 0 Å². The second kappa shape index (κ2) is 3.38. The van der Waals surface area contributed by atoms with Crippen molar-refractivity contribution in [3.8, 4) is 0 Å². The lowest BCUT2D eigenvalue weighted by molar-refractivity contribution is 0.0999. The average molecular weight is 214 g/mol. The molecule has 1 heterocycles. The highest BCUT2D eigenvalue weighted by Gasteiger charge is 2.14. The number of carbonyl (C=O) groups is 1. The second-order valence-corrected chi connectivity index (χ2v) is 4.93. The summed E-state index contributed by atoms with van der Waals surface area (Å²) in [4.78, 5) is 14.6. The van der Waals surface area contributed by atoms with Gasteiger partial charge < -0.3 is 5.73 Å². The number of hydrogen-bond acceptors (Lipinski definition) is 4. The van der Waals surface area contributed by atoms with E-state index in [2.05, 4.69) is 4.98 Å². The number of hydrogen-bond donors (Lipinski definition) is 1. The molecule has 1 aromatic rings. The van der Waals surface area contributed by atoms with Crippen LogP contribution in [-0.4, -0.2) is 25.6 Å². The Morgan fingerprint density at radius 2 is 2.07 bits per heavy atom. The summed E-state index contributed by atoms with van der Waals surface area (Å²) in [5.41, 5.74) is 5.45. The Morgan fingerprint density at radius 3 is 2.50 bits per heavy atom. The zero-order chi connectivity index (χ0) is 10.9. The molecule has 14 heavy (non-hydrogen) atoms. The molecule has 0 aliphatic rings. The molecular weight excluding hydrogens is 204 g/mol. The molecule has 2 N–H and O–H groups in total. The fourth-order valence-corrected chi connectivity index (χ4v) is 1.95. The Bertz CT molecular complexity index is 479. The number of sulfone groups is 1. The van der Waals surface area contributed by atoms with Crippen LogP contribution in [0, 0.1) is 6.92 Å². The van der Waals surface area contributed by atoms with Crippen LogP contribution in [0.4, 0.5) is 0 Å². The van der Waals surface area contributed by atoms with Crippen molar-refractivity contribution in [3.63, 3.8) is 0 Å². The number of aromatic nitrogens is 1. The number of rotatable bonds is 2. The Kier molecular flexibility index (Phi) is 2.57. The molecule has 0 aliphatic carbocycles. The zero-order valence-corrected chi connectivity index (χ0v) is 8.63. The number of primary amides is 1. The third-order valence-corrected chi connectivity index (χ3v) is 2.94. The van der Waals surface area contributed by atoms with Gasteiger partial charge in [-0.2, -0.15) is 0 Å². The molecule has 0 aromatic carbocycles. The van der Waals surface area contributed by atoms with Crippen molar-refractivity contribution in [2.24, 2.45) is 5.73 Å². The molecule has 0 radical (unpaired) electrons. The first kappa shape index (κ1) is 10.6. The van der Waals surface area contributed by atoms with Crippen molar-refractivity contribution >= 4 is 15.7 Å². The van der Waals surface area contributed by atoms with E-state index < -0.39 is 15.7 Å². The van der Waals surface area contributed by atoms with Gasteiger partial charge in [-0.1, -0.05) is 0 Å². The summed E-state index contributed by atoms with van der Waals surface area (Å²) < 4.78 is 22.5. The highest BCUT2D eigenvalue weighted by molar-refractivity contribution is 7.90. The lowest BCUT2D eigenvalue weighted by atomic mass is 10.2. The lowest BCUT2D eigenvalue weighted by Gasteiger charge is -2.03. The van der Waals surface area contributed by atoms with Gasteiger partial charge in [0, 0.05) is 12.5 Å². The second-order valence-electron chi connectivity index (χ2n) is 2.94. The molecule has 0 fully saturated rings. The maximum Gasteiger partial charge on any atom is 0.250 e. The van der Waals surface area contributed by atoms with Gasteiger partial charge >= 0.3 is 0 Å². The standard InChI is InChI=1S/C8H10N2O3S/c1-5-7(14(2,12)13)3-6(4-10-5)8(9)11/h3-4H,1-2H3,(H2,9,11). The molecule has 0 saturated heterocycles. The van der Waals surface area contributed by atoms with Crippen LogP contribution in [0.1, 0.15) is 16.1 Å². The summed E-state index contributed by atoms with van der Waals surface area (Å²) in [6.07, 6.45) is 2.31. The van der Waals surface area contributed by atoms with Gasteiger partial charge in [-0.25, -0.2) is 8.42 Å². The third-order valence-electron chi connectivity index (χ3n) is 1.72.